The van der Waals surface area contributed by atoms with E-state index in [1.165, 1.54) is 32.1 Å². The molecule has 2 amide bonds. The predicted molar refractivity (Wildman–Crippen MR) is 97.7 cm³/mol. The second-order valence-electron chi connectivity index (χ2n) is 7.54. The summed E-state index contributed by atoms with van der Waals surface area (Å²) in [6.07, 6.45) is 7.97. The number of hydrogen-bond acceptors (Lipinski definition) is 3. The van der Waals surface area contributed by atoms with Crippen molar-refractivity contribution in [2.45, 2.75) is 51.0 Å². The van der Waals surface area contributed by atoms with Crippen LogP contribution in [-0.2, 0) is 11.2 Å². The van der Waals surface area contributed by atoms with Gasteiger partial charge in [0.1, 0.15) is 0 Å². The lowest BCUT2D eigenvalue weighted by molar-refractivity contribution is -0.116. The van der Waals surface area contributed by atoms with Crippen LogP contribution in [0.25, 0.3) is 0 Å². The van der Waals surface area contributed by atoms with Crippen molar-refractivity contribution in [2.24, 2.45) is 0 Å². The van der Waals surface area contributed by atoms with Crippen LogP contribution >= 0.6 is 0 Å². The summed E-state index contributed by atoms with van der Waals surface area (Å²) in [7, 11) is 0. The molecule has 0 bridgehead atoms. The van der Waals surface area contributed by atoms with Crippen LogP contribution in [0.3, 0.4) is 0 Å². The Hall–Kier alpha value is -1.88. The lowest BCUT2D eigenvalue weighted by Gasteiger charge is -2.40. The van der Waals surface area contributed by atoms with Gasteiger partial charge in [0.15, 0.2) is 0 Å². The number of rotatable bonds is 2. The van der Waals surface area contributed by atoms with E-state index in [1.807, 2.05) is 23.1 Å². The molecule has 0 unspecified atom stereocenters. The van der Waals surface area contributed by atoms with Gasteiger partial charge in [-0.1, -0.05) is 19.3 Å². The maximum Gasteiger partial charge on any atom is 0.253 e. The number of anilines is 1. The summed E-state index contributed by atoms with van der Waals surface area (Å²) < 4.78 is 0. The highest BCUT2D eigenvalue weighted by molar-refractivity contribution is 5.98. The van der Waals surface area contributed by atoms with E-state index < -0.39 is 0 Å². The maximum atomic E-state index is 12.9. The molecule has 1 saturated heterocycles. The highest BCUT2D eigenvalue weighted by Gasteiger charge is 2.28. The molecular weight excluding hydrogens is 314 g/mol. The van der Waals surface area contributed by atoms with Crippen LogP contribution in [-0.4, -0.2) is 53.8 Å². The summed E-state index contributed by atoms with van der Waals surface area (Å²) in [5.41, 5.74) is 2.68. The van der Waals surface area contributed by atoms with E-state index in [9.17, 15) is 9.59 Å². The molecule has 2 aliphatic heterocycles. The Kier molecular flexibility index (Phi) is 4.75. The van der Waals surface area contributed by atoms with Crippen LogP contribution < -0.4 is 5.32 Å². The van der Waals surface area contributed by atoms with E-state index in [0.717, 1.165) is 55.5 Å². The van der Waals surface area contributed by atoms with E-state index in [2.05, 4.69) is 10.2 Å². The first-order chi connectivity index (χ1) is 12.2. The van der Waals surface area contributed by atoms with Crippen molar-refractivity contribution in [2.75, 3.05) is 31.5 Å². The van der Waals surface area contributed by atoms with Crippen LogP contribution in [0.4, 0.5) is 5.69 Å². The Labute approximate surface area is 149 Å². The van der Waals surface area contributed by atoms with Gasteiger partial charge in [-0.2, -0.15) is 0 Å². The number of amides is 2. The van der Waals surface area contributed by atoms with Gasteiger partial charge < -0.3 is 10.2 Å². The number of carbonyl (C=O) groups is 2. The SMILES string of the molecule is O=C1CCc2cc(C(=O)N3CCN(C4CCCCC4)CC3)ccc2N1. The van der Waals surface area contributed by atoms with Crippen molar-refractivity contribution >= 4 is 17.5 Å². The normalized spacial score (nSPS) is 22.4. The number of benzene rings is 1. The van der Waals surface area contributed by atoms with Crippen molar-refractivity contribution in [3.63, 3.8) is 0 Å². The first-order valence-corrected chi connectivity index (χ1v) is 9.67. The van der Waals surface area contributed by atoms with Crippen LogP contribution in [0.15, 0.2) is 18.2 Å². The highest BCUT2D eigenvalue weighted by Crippen LogP contribution is 2.26. The number of carbonyl (C=O) groups excluding carboxylic acids is 2. The Morgan fingerprint density at radius 1 is 1.00 bits per heavy atom. The predicted octanol–water partition coefficient (Wildman–Crippen LogP) is 2.66. The summed E-state index contributed by atoms with van der Waals surface area (Å²) in [5, 5.41) is 2.88. The molecule has 2 heterocycles. The summed E-state index contributed by atoms with van der Waals surface area (Å²) in [6.45, 7) is 3.64. The third kappa shape index (κ3) is 3.56. The number of nitrogens with one attached hydrogen (secondary N) is 1. The molecule has 0 aromatic heterocycles. The van der Waals surface area contributed by atoms with E-state index in [4.69, 9.17) is 0 Å². The zero-order chi connectivity index (χ0) is 17.2. The Balaban J connectivity index is 1.38. The molecule has 1 N–H and O–H groups in total. The standard InChI is InChI=1S/C20H27N3O2/c24-19-9-7-15-14-16(6-8-18(15)21-19)20(25)23-12-10-22(11-13-23)17-4-2-1-3-5-17/h6,8,14,17H,1-5,7,9-13H2,(H,21,24). The molecule has 0 spiro atoms. The van der Waals surface area contributed by atoms with Crippen molar-refractivity contribution in [1.82, 2.24) is 9.80 Å². The average molecular weight is 341 g/mol. The van der Waals surface area contributed by atoms with Gasteiger partial charge in [0.2, 0.25) is 5.91 Å². The topological polar surface area (TPSA) is 52.7 Å². The fraction of sp³-hybridized carbons (Fsp3) is 0.600. The van der Waals surface area contributed by atoms with E-state index >= 15 is 0 Å². The first kappa shape index (κ1) is 16.6. The number of fused-ring (bicyclic) bond motifs is 1. The van der Waals surface area contributed by atoms with E-state index in [0.29, 0.717) is 6.42 Å². The van der Waals surface area contributed by atoms with Crippen LogP contribution in [0.5, 0.6) is 0 Å². The molecular formula is C20H27N3O2. The molecule has 0 radical (unpaired) electrons. The minimum Gasteiger partial charge on any atom is -0.336 e. The van der Waals surface area contributed by atoms with Crippen molar-refractivity contribution < 1.29 is 9.59 Å². The van der Waals surface area contributed by atoms with Crippen molar-refractivity contribution in [3.05, 3.63) is 29.3 Å². The molecule has 0 atom stereocenters. The van der Waals surface area contributed by atoms with Gasteiger partial charge in [0, 0.05) is 49.9 Å². The second-order valence-corrected chi connectivity index (χ2v) is 7.54. The summed E-state index contributed by atoms with van der Waals surface area (Å²) >= 11 is 0. The molecule has 5 heteroatoms. The van der Waals surface area contributed by atoms with Gasteiger partial charge in [-0.05, 0) is 43.0 Å². The number of piperazine rings is 1. The number of aryl methyl sites for hydroxylation is 1. The first-order valence-electron chi connectivity index (χ1n) is 9.67. The minimum atomic E-state index is 0.0606. The molecule has 1 aromatic rings. The van der Waals surface area contributed by atoms with Gasteiger partial charge >= 0.3 is 0 Å². The highest BCUT2D eigenvalue weighted by atomic mass is 16.2. The van der Waals surface area contributed by atoms with Crippen molar-refractivity contribution in [1.29, 1.82) is 0 Å². The Morgan fingerprint density at radius 2 is 1.76 bits per heavy atom. The van der Waals surface area contributed by atoms with Gasteiger partial charge in [-0.15, -0.1) is 0 Å². The third-order valence-electron chi connectivity index (χ3n) is 5.94. The molecule has 2 fully saturated rings. The van der Waals surface area contributed by atoms with Gasteiger partial charge in [0.05, 0.1) is 0 Å². The molecule has 3 aliphatic rings. The summed E-state index contributed by atoms with van der Waals surface area (Å²) in [6, 6.07) is 6.42. The molecule has 1 aliphatic carbocycles. The Bertz CT molecular complexity index is 659. The zero-order valence-corrected chi connectivity index (χ0v) is 14.8. The fourth-order valence-corrected chi connectivity index (χ4v) is 4.44. The summed E-state index contributed by atoms with van der Waals surface area (Å²) in [5.74, 6) is 0.188. The molecule has 1 aromatic carbocycles. The lowest BCUT2D eigenvalue weighted by Crippen LogP contribution is -2.52. The zero-order valence-electron chi connectivity index (χ0n) is 14.8. The third-order valence-corrected chi connectivity index (χ3v) is 5.94. The monoisotopic (exact) mass is 341 g/mol. The van der Waals surface area contributed by atoms with Crippen LogP contribution in [0.2, 0.25) is 0 Å². The smallest absolute Gasteiger partial charge is 0.253 e. The molecule has 4 rings (SSSR count). The average Bonchev–Trinajstić information content (AvgIpc) is 2.68. The fourth-order valence-electron chi connectivity index (χ4n) is 4.44. The van der Waals surface area contributed by atoms with Gasteiger partial charge in [-0.25, -0.2) is 0 Å². The molecule has 25 heavy (non-hydrogen) atoms. The summed E-state index contributed by atoms with van der Waals surface area (Å²) in [4.78, 5) is 28.9. The van der Waals surface area contributed by atoms with Gasteiger partial charge in [-0.3, -0.25) is 14.5 Å². The quantitative estimate of drug-likeness (QED) is 0.900. The molecule has 134 valence electrons. The minimum absolute atomic E-state index is 0.0606. The second kappa shape index (κ2) is 7.16. The number of hydrogen-bond donors (Lipinski definition) is 1. The van der Waals surface area contributed by atoms with Crippen LogP contribution in [0, 0.1) is 0 Å². The molecule has 5 nitrogen and oxygen atoms in total. The van der Waals surface area contributed by atoms with Crippen LogP contribution in [0.1, 0.15) is 54.4 Å². The van der Waals surface area contributed by atoms with Gasteiger partial charge in [0.25, 0.3) is 5.91 Å². The Morgan fingerprint density at radius 3 is 2.52 bits per heavy atom. The number of nitrogens with zero attached hydrogens (tertiary/aromatic N) is 2. The lowest BCUT2D eigenvalue weighted by atomic mass is 9.94. The van der Waals surface area contributed by atoms with E-state index in [-0.39, 0.29) is 11.8 Å². The molecule has 1 saturated carbocycles. The van der Waals surface area contributed by atoms with E-state index in [1.54, 1.807) is 0 Å². The maximum absolute atomic E-state index is 12.9. The largest absolute Gasteiger partial charge is 0.336 e. The van der Waals surface area contributed by atoms with Crippen molar-refractivity contribution in [3.8, 4) is 0 Å².